The predicted molar refractivity (Wildman–Crippen MR) is 120 cm³/mol. The lowest BCUT2D eigenvalue weighted by Crippen LogP contribution is -2.39. The van der Waals surface area contributed by atoms with Gasteiger partial charge < -0.3 is 25.0 Å². The normalized spacial score (nSPS) is 15.7. The number of ether oxygens (including phenoxy) is 2. The van der Waals surface area contributed by atoms with Gasteiger partial charge in [0.2, 0.25) is 11.8 Å². The highest BCUT2D eigenvalue weighted by Crippen LogP contribution is 2.33. The number of anilines is 2. The fourth-order valence-corrected chi connectivity index (χ4v) is 4.36. The number of nitrogens with one attached hydrogen (secondary N) is 3. The summed E-state index contributed by atoms with van der Waals surface area (Å²) in [7, 11) is -0.935. The van der Waals surface area contributed by atoms with Crippen LogP contribution in [0.4, 0.5) is 16.2 Å². The first-order valence-corrected chi connectivity index (χ1v) is 11.3. The van der Waals surface area contributed by atoms with Crippen LogP contribution in [-0.2, 0) is 19.6 Å². The smallest absolute Gasteiger partial charge is 0.319 e. The Balaban J connectivity index is 1.60. The van der Waals surface area contributed by atoms with Gasteiger partial charge in [0, 0.05) is 37.3 Å². The molecule has 0 bridgehead atoms. The van der Waals surface area contributed by atoms with Crippen molar-refractivity contribution in [2.75, 3.05) is 31.0 Å². The molecule has 0 aromatic heterocycles. The van der Waals surface area contributed by atoms with Gasteiger partial charge in [-0.2, -0.15) is 0 Å². The summed E-state index contributed by atoms with van der Waals surface area (Å²) in [6.45, 7) is 1.37. The molecule has 2 aromatic carbocycles. The Labute approximate surface area is 191 Å². The molecule has 12 heteroatoms. The lowest BCUT2D eigenvalue weighted by molar-refractivity contribution is -0.118. The van der Waals surface area contributed by atoms with Crippen LogP contribution in [-0.4, -0.2) is 53.1 Å². The molecule has 33 heavy (non-hydrogen) atoms. The minimum atomic E-state index is -3.96. The molecule has 0 aliphatic carbocycles. The first kappa shape index (κ1) is 23.9. The lowest BCUT2D eigenvalue weighted by Gasteiger charge is -2.19. The maximum absolute atomic E-state index is 12.5. The molecule has 3 rings (SSSR count). The van der Waals surface area contributed by atoms with Crippen LogP contribution in [0.25, 0.3) is 0 Å². The molecule has 11 nitrogen and oxygen atoms in total. The van der Waals surface area contributed by atoms with Crippen molar-refractivity contribution in [3.8, 4) is 11.5 Å². The molecule has 1 atom stereocenters. The van der Waals surface area contributed by atoms with E-state index in [4.69, 9.17) is 9.47 Å². The maximum Gasteiger partial charge on any atom is 0.319 e. The van der Waals surface area contributed by atoms with Crippen molar-refractivity contribution in [1.82, 2.24) is 10.0 Å². The second-order valence-corrected chi connectivity index (χ2v) is 8.91. The van der Waals surface area contributed by atoms with Crippen molar-refractivity contribution in [1.29, 1.82) is 0 Å². The molecule has 176 valence electrons. The maximum atomic E-state index is 12.5. The van der Waals surface area contributed by atoms with Crippen molar-refractivity contribution >= 4 is 39.2 Å². The molecule has 2 aromatic rings. The molecule has 0 radical (unpaired) electrons. The summed E-state index contributed by atoms with van der Waals surface area (Å²) in [5.41, 5.74) is 0.966. The largest absolute Gasteiger partial charge is 0.493 e. The Morgan fingerprint density at radius 2 is 1.70 bits per heavy atom. The van der Waals surface area contributed by atoms with Crippen molar-refractivity contribution < 1.29 is 32.3 Å². The molecular formula is C21H24N4O7S. The van der Waals surface area contributed by atoms with Crippen LogP contribution >= 0.6 is 0 Å². The first-order valence-electron chi connectivity index (χ1n) is 9.86. The topological polar surface area (TPSA) is 143 Å². The molecule has 1 aliphatic rings. The van der Waals surface area contributed by atoms with Crippen LogP contribution < -0.4 is 29.7 Å². The SMILES string of the molecule is COc1ccc(N2C[C@@H](NC(=O)Nc3ccc(S(=O)(=O)NC(C)=O)cc3)CC2=O)cc1OC. The van der Waals surface area contributed by atoms with Gasteiger partial charge in [0.1, 0.15) is 0 Å². The quantitative estimate of drug-likeness (QED) is 0.549. The van der Waals surface area contributed by atoms with Crippen LogP contribution in [0.1, 0.15) is 13.3 Å². The summed E-state index contributed by atoms with van der Waals surface area (Å²) in [5, 5.41) is 5.33. The second-order valence-electron chi connectivity index (χ2n) is 7.23. The number of carbonyl (C=O) groups excluding carboxylic acids is 3. The molecule has 1 fully saturated rings. The average Bonchev–Trinajstić information content (AvgIpc) is 3.12. The minimum Gasteiger partial charge on any atom is -0.493 e. The van der Waals surface area contributed by atoms with E-state index in [-0.39, 0.29) is 23.8 Å². The van der Waals surface area contributed by atoms with Gasteiger partial charge in [-0.3, -0.25) is 9.59 Å². The van der Waals surface area contributed by atoms with Crippen molar-refractivity contribution in [3.63, 3.8) is 0 Å². The van der Waals surface area contributed by atoms with Crippen LogP contribution in [0.15, 0.2) is 47.4 Å². The number of hydrogen-bond acceptors (Lipinski definition) is 7. The van der Waals surface area contributed by atoms with Gasteiger partial charge in [-0.25, -0.2) is 17.9 Å². The van der Waals surface area contributed by atoms with E-state index in [2.05, 4.69) is 10.6 Å². The Morgan fingerprint density at radius 3 is 2.30 bits per heavy atom. The zero-order chi connectivity index (χ0) is 24.2. The third-order valence-corrected chi connectivity index (χ3v) is 6.29. The van der Waals surface area contributed by atoms with Crippen molar-refractivity contribution in [2.24, 2.45) is 0 Å². The average molecular weight is 477 g/mol. The number of amides is 4. The fraction of sp³-hybridized carbons (Fsp3) is 0.286. The number of hydrogen-bond donors (Lipinski definition) is 3. The van der Waals surface area contributed by atoms with Gasteiger partial charge >= 0.3 is 6.03 Å². The van der Waals surface area contributed by atoms with E-state index in [9.17, 15) is 22.8 Å². The number of rotatable bonds is 7. The van der Waals surface area contributed by atoms with Gasteiger partial charge in [0.15, 0.2) is 11.5 Å². The van der Waals surface area contributed by atoms with Gasteiger partial charge in [-0.15, -0.1) is 0 Å². The van der Waals surface area contributed by atoms with Crippen LogP contribution in [0.3, 0.4) is 0 Å². The summed E-state index contributed by atoms with van der Waals surface area (Å²) in [5.74, 6) is 0.170. The van der Waals surface area contributed by atoms with Gasteiger partial charge in [-0.1, -0.05) is 0 Å². The third kappa shape index (κ3) is 5.71. The zero-order valence-corrected chi connectivity index (χ0v) is 19.1. The summed E-state index contributed by atoms with van der Waals surface area (Å²) in [6, 6.07) is 9.47. The van der Waals surface area contributed by atoms with Gasteiger partial charge in [-0.05, 0) is 36.4 Å². The molecule has 1 heterocycles. The minimum absolute atomic E-state index is 0.115. The van der Waals surface area contributed by atoms with Crippen molar-refractivity contribution in [2.45, 2.75) is 24.3 Å². The number of benzene rings is 2. The summed E-state index contributed by atoms with van der Waals surface area (Å²) >= 11 is 0. The highest BCUT2D eigenvalue weighted by atomic mass is 32.2. The second kappa shape index (κ2) is 9.77. The molecule has 1 saturated heterocycles. The van der Waals surface area contributed by atoms with Crippen LogP contribution in [0, 0.1) is 0 Å². The van der Waals surface area contributed by atoms with E-state index < -0.39 is 28.0 Å². The van der Waals surface area contributed by atoms with E-state index in [0.717, 1.165) is 6.92 Å². The number of carbonyl (C=O) groups is 3. The highest BCUT2D eigenvalue weighted by molar-refractivity contribution is 7.90. The molecule has 3 N–H and O–H groups in total. The fourth-order valence-electron chi connectivity index (χ4n) is 3.36. The number of urea groups is 1. The first-order chi connectivity index (χ1) is 15.6. The summed E-state index contributed by atoms with van der Waals surface area (Å²) < 4.78 is 36.3. The zero-order valence-electron chi connectivity index (χ0n) is 18.2. The highest BCUT2D eigenvalue weighted by Gasteiger charge is 2.32. The third-order valence-electron chi connectivity index (χ3n) is 4.84. The van der Waals surface area contributed by atoms with Gasteiger partial charge in [0.25, 0.3) is 10.0 Å². The predicted octanol–water partition coefficient (Wildman–Crippen LogP) is 1.46. The molecule has 0 spiro atoms. The number of nitrogens with zero attached hydrogens (tertiary/aromatic N) is 1. The molecule has 1 aliphatic heterocycles. The Kier molecular flexibility index (Phi) is 7.07. The molecule has 0 unspecified atom stereocenters. The molecular weight excluding hydrogens is 452 g/mol. The molecule has 4 amide bonds. The monoisotopic (exact) mass is 476 g/mol. The van der Waals surface area contributed by atoms with E-state index >= 15 is 0 Å². The van der Waals surface area contributed by atoms with E-state index in [1.54, 1.807) is 23.1 Å². The van der Waals surface area contributed by atoms with Crippen molar-refractivity contribution in [3.05, 3.63) is 42.5 Å². The van der Waals surface area contributed by atoms with E-state index in [1.165, 1.54) is 38.5 Å². The van der Waals surface area contributed by atoms with Crippen LogP contribution in [0.5, 0.6) is 11.5 Å². The number of methoxy groups -OCH3 is 2. The Hall–Kier alpha value is -3.80. The lowest BCUT2D eigenvalue weighted by atomic mass is 10.2. The van der Waals surface area contributed by atoms with Gasteiger partial charge in [0.05, 0.1) is 25.2 Å². The van der Waals surface area contributed by atoms with E-state index in [1.807, 2.05) is 4.72 Å². The number of sulfonamides is 1. The summed E-state index contributed by atoms with van der Waals surface area (Å²) in [4.78, 5) is 37.3. The standard InChI is InChI=1S/C21H24N4O7S/c1-13(26)24-33(29,30)17-7-4-14(5-8-17)22-21(28)23-15-10-20(27)25(12-15)16-6-9-18(31-2)19(11-16)32-3/h4-9,11,15H,10,12H2,1-3H3,(H,24,26)(H2,22,23,28)/t15-/m0/s1. The molecule has 0 saturated carbocycles. The van der Waals surface area contributed by atoms with Crippen LogP contribution in [0.2, 0.25) is 0 Å². The Morgan fingerprint density at radius 1 is 1.03 bits per heavy atom. The Bertz CT molecular complexity index is 1170. The summed E-state index contributed by atoms with van der Waals surface area (Å²) in [6.07, 6.45) is 0.121. The van der Waals surface area contributed by atoms with E-state index in [0.29, 0.717) is 22.9 Å².